The first-order valence-corrected chi connectivity index (χ1v) is 13.0. The number of hydrogen-bond donors (Lipinski definition) is 5. The second-order valence-corrected chi connectivity index (χ2v) is 10.9. The van der Waals surface area contributed by atoms with Crippen LogP contribution in [0.15, 0.2) is 23.6 Å². The number of Topliss-reactive ketones (excluding diaryl/α,β-unsaturated/α-hetero) is 1. The minimum absolute atomic E-state index is 0.0159. The van der Waals surface area contributed by atoms with E-state index in [-0.39, 0.29) is 59.0 Å². The molecule has 0 radical (unpaired) electrons. The number of hydrogen-bond acceptors (Lipinski definition) is 11. The van der Waals surface area contributed by atoms with Gasteiger partial charge in [0.2, 0.25) is 0 Å². The summed E-state index contributed by atoms with van der Waals surface area (Å²) in [5.74, 6) is -2.63. The Kier molecular flexibility index (Phi) is 7.19. The molecule has 192 valence electrons. The Balaban J connectivity index is 1.55. The van der Waals surface area contributed by atoms with E-state index in [9.17, 15) is 38.1 Å². The van der Waals surface area contributed by atoms with Crippen LogP contribution < -0.4 is 15.7 Å². The first kappa shape index (κ1) is 25.8. The maximum Gasteiger partial charge on any atom is 0.526 e. The molecule has 0 saturated carbocycles. The highest BCUT2D eigenvalue weighted by molar-refractivity contribution is 7.87. The van der Waals surface area contributed by atoms with Crippen molar-refractivity contribution in [2.45, 2.75) is 31.1 Å². The molecule has 3 heterocycles. The van der Waals surface area contributed by atoms with Gasteiger partial charge in [-0.25, -0.2) is 18.9 Å². The minimum atomic E-state index is -4.48. The van der Waals surface area contributed by atoms with Gasteiger partial charge in [0.15, 0.2) is 10.9 Å². The molecule has 2 aliphatic heterocycles. The summed E-state index contributed by atoms with van der Waals surface area (Å²) in [6, 6.07) is 1.92. The second-order valence-electron chi connectivity index (χ2n) is 8.21. The van der Waals surface area contributed by atoms with E-state index in [0.29, 0.717) is 9.87 Å². The van der Waals surface area contributed by atoms with Crippen LogP contribution in [0.3, 0.4) is 0 Å². The lowest BCUT2D eigenvalue weighted by Gasteiger charge is -2.32. The number of aromatic nitrogens is 1. The average Bonchev–Trinajstić information content (AvgIpc) is 3.24. The van der Waals surface area contributed by atoms with Crippen molar-refractivity contribution in [1.82, 2.24) is 19.1 Å². The number of thiazole rings is 1. The number of aromatic carboxylic acids is 1. The van der Waals surface area contributed by atoms with Gasteiger partial charge in [-0.2, -0.15) is 8.42 Å². The van der Waals surface area contributed by atoms with Crippen molar-refractivity contribution in [2.24, 2.45) is 0 Å². The molecule has 36 heavy (non-hydrogen) atoms. The van der Waals surface area contributed by atoms with Crippen molar-refractivity contribution in [1.29, 1.82) is 0 Å². The van der Waals surface area contributed by atoms with Gasteiger partial charge < -0.3 is 25.8 Å². The summed E-state index contributed by atoms with van der Waals surface area (Å²) in [6.07, 6.45) is -0.0306. The number of benzene rings is 1. The quantitative estimate of drug-likeness (QED) is 0.314. The molecule has 1 saturated heterocycles. The lowest BCUT2D eigenvalue weighted by Crippen LogP contribution is -2.54. The summed E-state index contributed by atoms with van der Waals surface area (Å²) in [6.45, 7) is -0.384. The zero-order valence-corrected chi connectivity index (χ0v) is 20.2. The number of carbonyl (C=O) groups excluding carboxylic acids is 2. The zero-order chi connectivity index (χ0) is 26.2. The molecule has 2 aliphatic rings. The van der Waals surface area contributed by atoms with E-state index in [0.717, 1.165) is 11.3 Å². The second kappa shape index (κ2) is 10.0. The van der Waals surface area contributed by atoms with Gasteiger partial charge in [-0.3, -0.25) is 10.0 Å². The van der Waals surface area contributed by atoms with Crippen LogP contribution in [0, 0.1) is 0 Å². The van der Waals surface area contributed by atoms with E-state index in [4.69, 9.17) is 10.4 Å². The number of anilines is 1. The maximum absolute atomic E-state index is 13.3. The molecule has 6 N–H and O–H groups in total. The molecule has 1 aromatic heterocycles. The molecule has 1 unspecified atom stereocenters. The molecule has 17 heteroatoms. The molecule has 2 aromatic rings. The summed E-state index contributed by atoms with van der Waals surface area (Å²) < 4.78 is 30.5. The largest absolute Gasteiger partial charge is 0.535 e. The SMILES string of the molecule is Nc1nc(C(NC(=O)N2CCCN(O)S2(=O)=O)C(=O)C[C@H]2Cc3cccc(C(=O)O)c3OB2O)cs1. The van der Waals surface area contributed by atoms with Crippen molar-refractivity contribution in [3.63, 3.8) is 0 Å². The third-order valence-corrected chi connectivity index (χ3v) is 8.13. The van der Waals surface area contributed by atoms with Crippen LogP contribution in [0.25, 0.3) is 0 Å². The van der Waals surface area contributed by atoms with Crippen LogP contribution in [0.5, 0.6) is 5.75 Å². The summed E-state index contributed by atoms with van der Waals surface area (Å²) in [5.41, 5.74) is 6.11. The third-order valence-electron chi connectivity index (χ3n) is 5.82. The highest BCUT2D eigenvalue weighted by Crippen LogP contribution is 2.37. The summed E-state index contributed by atoms with van der Waals surface area (Å²) in [5, 5.41) is 33.4. The fourth-order valence-electron chi connectivity index (χ4n) is 4.05. The monoisotopic (exact) mass is 539 g/mol. The lowest BCUT2D eigenvalue weighted by atomic mass is 9.64. The average molecular weight is 539 g/mol. The molecular weight excluding hydrogens is 517 g/mol. The standard InChI is InChI=1S/C19H22BN5O9S2/c21-18-22-13(9-35-18)15(23-19(29)24-5-2-6-25(31)36(24,32)33)14(26)8-11-7-10-3-1-4-12(17(27)28)16(10)34-20(11)30/h1,3-4,9,11,15,30-31H,2,5-8H2,(H2,21,22)(H,23,29)(H,27,28)/t11-,15?/m1/s1. The van der Waals surface area contributed by atoms with E-state index in [1.165, 1.54) is 17.5 Å². The van der Waals surface area contributed by atoms with Crippen LogP contribution >= 0.6 is 11.3 Å². The Bertz CT molecular complexity index is 1300. The maximum atomic E-state index is 13.3. The van der Waals surface area contributed by atoms with Crippen LogP contribution in [0.2, 0.25) is 5.82 Å². The first-order valence-electron chi connectivity index (χ1n) is 10.7. The molecule has 0 spiro atoms. The number of fused-ring (bicyclic) bond motifs is 1. The summed E-state index contributed by atoms with van der Waals surface area (Å²) >= 11 is 1.01. The molecule has 0 bridgehead atoms. The Labute approximate surface area is 209 Å². The number of nitrogens with zero attached hydrogens (tertiary/aromatic N) is 3. The van der Waals surface area contributed by atoms with Crippen LogP contribution in [0.4, 0.5) is 9.93 Å². The third kappa shape index (κ3) is 5.01. The molecule has 1 fully saturated rings. The number of hydroxylamine groups is 1. The number of nitrogens with two attached hydrogens (primary N) is 1. The van der Waals surface area contributed by atoms with Gasteiger partial charge in [-0.15, -0.1) is 11.3 Å². The van der Waals surface area contributed by atoms with Crippen molar-refractivity contribution >= 4 is 51.6 Å². The molecule has 0 aliphatic carbocycles. The smallest absolute Gasteiger partial charge is 0.526 e. The summed E-state index contributed by atoms with van der Waals surface area (Å²) in [4.78, 5) is 41.6. The van der Waals surface area contributed by atoms with Gasteiger partial charge in [0.1, 0.15) is 11.8 Å². The molecule has 4 rings (SSSR count). The minimum Gasteiger partial charge on any atom is -0.535 e. The number of para-hydroxylation sites is 1. The normalized spacial score (nSPS) is 20.2. The van der Waals surface area contributed by atoms with E-state index in [1.54, 1.807) is 6.07 Å². The Hall–Kier alpha value is -3.25. The Morgan fingerprint density at radius 2 is 2.08 bits per heavy atom. The number of rotatable bonds is 6. The fraction of sp³-hybridized carbons (Fsp3) is 0.368. The predicted molar refractivity (Wildman–Crippen MR) is 126 cm³/mol. The molecule has 2 amide bonds. The van der Waals surface area contributed by atoms with Gasteiger partial charge in [0.05, 0.1) is 11.3 Å². The molecule has 1 aromatic carbocycles. The first-order chi connectivity index (χ1) is 17.0. The highest BCUT2D eigenvalue weighted by atomic mass is 32.2. The van der Waals surface area contributed by atoms with E-state index >= 15 is 0 Å². The molecular formula is C19H22BN5O9S2. The van der Waals surface area contributed by atoms with Crippen LogP contribution in [0.1, 0.15) is 40.5 Å². The van der Waals surface area contributed by atoms with Gasteiger partial charge in [-0.05, 0) is 24.5 Å². The number of carboxylic acid groups (broad SMARTS) is 1. The highest BCUT2D eigenvalue weighted by Gasteiger charge is 2.41. The number of urea groups is 1. The summed E-state index contributed by atoms with van der Waals surface area (Å²) in [7, 11) is -5.99. The fourth-order valence-corrected chi connectivity index (χ4v) is 5.85. The van der Waals surface area contributed by atoms with Gasteiger partial charge in [0.25, 0.3) is 0 Å². The van der Waals surface area contributed by atoms with Crippen molar-refractivity contribution < 1.29 is 42.8 Å². The predicted octanol–water partition coefficient (Wildman–Crippen LogP) is 0.261. The number of carbonyl (C=O) groups is 3. The number of amides is 2. The van der Waals surface area contributed by atoms with Crippen molar-refractivity contribution in [3.05, 3.63) is 40.4 Å². The zero-order valence-electron chi connectivity index (χ0n) is 18.6. The van der Waals surface area contributed by atoms with Gasteiger partial charge in [-0.1, -0.05) is 16.6 Å². The van der Waals surface area contributed by atoms with Crippen molar-refractivity contribution in [2.75, 3.05) is 18.8 Å². The van der Waals surface area contributed by atoms with E-state index in [2.05, 4.69) is 10.3 Å². The molecule has 2 atom stereocenters. The Morgan fingerprint density at radius 1 is 1.33 bits per heavy atom. The van der Waals surface area contributed by atoms with E-state index < -0.39 is 47.0 Å². The van der Waals surface area contributed by atoms with Crippen molar-refractivity contribution in [3.8, 4) is 5.75 Å². The number of ketones is 1. The Morgan fingerprint density at radius 3 is 2.75 bits per heavy atom. The topological polar surface area (TPSA) is 213 Å². The molecule has 14 nitrogen and oxygen atoms in total. The van der Waals surface area contributed by atoms with E-state index in [1.807, 2.05) is 0 Å². The van der Waals surface area contributed by atoms with Gasteiger partial charge >= 0.3 is 29.3 Å². The van der Waals surface area contributed by atoms with Crippen LogP contribution in [-0.4, -0.2) is 75.5 Å². The number of nitrogen functional groups attached to an aromatic ring is 1. The number of nitrogens with one attached hydrogen (secondary N) is 1. The van der Waals surface area contributed by atoms with Gasteiger partial charge in [0, 0.05) is 30.7 Å². The lowest BCUT2D eigenvalue weighted by molar-refractivity contribution is -0.121. The van der Waals surface area contributed by atoms with Crippen LogP contribution in [-0.2, 0) is 21.4 Å². The number of carboxylic acids is 1.